The van der Waals surface area contributed by atoms with Crippen LogP contribution in [0.4, 0.5) is 33.3 Å². The van der Waals surface area contributed by atoms with E-state index in [1.54, 1.807) is 6.92 Å². The van der Waals surface area contributed by atoms with Crippen molar-refractivity contribution in [3.63, 3.8) is 0 Å². The van der Waals surface area contributed by atoms with Crippen LogP contribution in [-0.2, 0) is 0 Å². The van der Waals surface area contributed by atoms with Crippen molar-refractivity contribution in [2.45, 2.75) is 6.92 Å². The summed E-state index contributed by atoms with van der Waals surface area (Å²) in [5.74, 6) is -14.0. The van der Waals surface area contributed by atoms with Crippen LogP contribution < -0.4 is 0 Å². The molecule has 0 aliphatic heterocycles. The lowest BCUT2D eigenvalue weighted by molar-refractivity contribution is 0.380. The van der Waals surface area contributed by atoms with Gasteiger partial charge in [0.25, 0.3) is 11.8 Å². The first-order valence-electron chi connectivity index (χ1n) is 11.4. The molecule has 0 amide bonds. The molecule has 202 valence electrons. The Balaban J connectivity index is 1.63. The van der Waals surface area contributed by atoms with Crippen molar-refractivity contribution in [2.24, 2.45) is 0 Å². The molecule has 0 fully saturated rings. The van der Waals surface area contributed by atoms with Gasteiger partial charge in [0, 0.05) is 0 Å². The van der Waals surface area contributed by atoms with Gasteiger partial charge in [0.05, 0.1) is 35.9 Å². The van der Waals surface area contributed by atoms with Crippen LogP contribution in [0.3, 0.4) is 0 Å². The molecule has 3 heterocycles. The molecular formula is C27H7F5N8O2. The molecule has 0 radical (unpaired) electrons. The van der Waals surface area contributed by atoms with Crippen molar-refractivity contribution in [3.05, 3.63) is 87.3 Å². The highest BCUT2D eigenvalue weighted by atomic mass is 19.2. The predicted molar refractivity (Wildman–Crippen MR) is 133 cm³/mol. The van der Waals surface area contributed by atoms with Crippen molar-refractivity contribution in [3.8, 4) is 40.9 Å². The zero-order valence-electron chi connectivity index (χ0n) is 20.6. The Bertz CT molecular complexity index is 2190. The topological polar surface area (TPSA) is 123 Å². The molecule has 3 aromatic heterocycles. The average Bonchev–Trinajstić information content (AvgIpc) is 3.61. The molecule has 0 unspecified atom stereocenters. The minimum Gasteiger partial charge on any atom is -0.435 e. The van der Waals surface area contributed by atoms with Crippen LogP contribution in [0.1, 0.15) is 11.1 Å². The fourth-order valence-electron chi connectivity index (χ4n) is 4.00. The number of fused-ring (bicyclic) bond motifs is 2. The standard InChI is InChI=1S/C27H7F5N8O2/c1-9-4-15-13(5-10(9)8-33)36-26(41-15)24-38-23(17-18(28)20(30)22(32)21(31)19(17)29)39-25(40-24)27-37-14-6-11(34-2)12(35-3)7-16(14)42-27/h4-7H,1H3. The Kier molecular flexibility index (Phi) is 5.83. The molecule has 6 rings (SSSR count). The maximum Gasteiger partial charge on any atom is 0.266 e. The van der Waals surface area contributed by atoms with Crippen LogP contribution in [0.2, 0.25) is 0 Å². The van der Waals surface area contributed by atoms with Crippen LogP contribution in [0.5, 0.6) is 0 Å². The largest absolute Gasteiger partial charge is 0.435 e. The summed E-state index contributed by atoms with van der Waals surface area (Å²) in [4.78, 5) is 26.7. The smallest absolute Gasteiger partial charge is 0.266 e. The average molecular weight is 570 g/mol. The highest BCUT2D eigenvalue weighted by Crippen LogP contribution is 2.36. The molecule has 0 bridgehead atoms. The number of nitrogens with zero attached hydrogens (tertiary/aromatic N) is 8. The molecule has 15 heteroatoms. The van der Waals surface area contributed by atoms with Crippen LogP contribution in [0.15, 0.2) is 33.1 Å². The van der Waals surface area contributed by atoms with Crippen molar-refractivity contribution in [2.75, 3.05) is 0 Å². The summed E-state index contributed by atoms with van der Waals surface area (Å²) >= 11 is 0. The number of aryl methyl sites for hydroxylation is 1. The Morgan fingerprint density at radius 3 is 1.69 bits per heavy atom. The lowest BCUT2D eigenvalue weighted by atomic mass is 10.1. The number of benzene rings is 3. The second-order valence-corrected chi connectivity index (χ2v) is 8.57. The number of nitriles is 1. The van der Waals surface area contributed by atoms with Crippen molar-refractivity contribution < 1.29 is 30.8 Å². The summed E-state index contributed by atoms with van der Waals surface area (Å²) in [6.45, 7) is 16.1. The van der Waals surface area contributed by atoms with Gasteiger partial charge in [0.15, 0.2) is 46.1 Å². The Morgan fingerprint density at radius 2 is 1.14 bits per heavy atom. The van der Waals surface area contributed by atoms with Gasteiger partial charge in [-0.3, -0.25) is 4.85 Å². The van der Waals surface area contributed by atoms with E-state index in [2.05, 4.69) is 34.6 Å². The number of oxazole rings is 2. The first-order chi connectivity index (χ1) is 20.1. The van der Waals surface area contributed by atoms with Gasteiger partial charge in [-0.1, -0.05) is 0 Å². The van der Waals surface area contributed by atoms with Crippen LogP contribution in [0.25, 0.3) is 66.7 Å². The van der Waals surface area contributed by atoms with Crippen molar-refractivity contribution in [1.29, 1.82) is 5.26 Å². The van der Waals surface area contributed by atoms with Gasteiger partial charge in [0.2, 0.25) is 17.5 Å². The van der Waals surface area contributed by atoms with Gasteiger partial charge in [-0.15, -0.1) is 0 Å². The summed E-state index contributed by atoms with van der Waals surface area (Å²) in [5, 5.41) is 9.32. The SMILES string of the molecule is [C-]#[N+]c1cc2nc(-c3nc(-c4nc5cc(C#N)c(C)cc5o4)nc(-c4c(F)c(F)c(F)c(F)c4F)n3)oc2cc1[N+]#[C-]. The molecule has 10 nitrogen and oxygen atoms in total. The van der Waals surface area contributed by atoms with E-state index in [9.17, 15) is 27.2 Å². The number of rotatable bonds is 3. The molecule has 6 aromatic rings. The minimum absolute atomic E-state index is 0.0181. The molecule has 0 saturated heterocycles. The number of hydrogen-bond donors (Lipinski definition) is 0. The predicted octanol–water partition coefficient (Wildman–Crippen LogP) is 7.13. The first kappa shape index (κ1) is 26.0. The highest BCUT2D eigenvalue weighted by Gasteiger charge is 2.30. The third-order valence-electron chi connectivity index (χ3n) is 6.03. The van der Waals surface area contributed by atoms with E-state index in [0.717, 1.165) is 0 Å². The summed E-state index contributed by atoms with van der Waals surface area (Å²) in [6, 6.07) is 7.39. The van der Waals surface area contributed by atoms with Gasteiger partial charge in [-0.2, -0.15) is 10.2 Å². The van der Waals surface area contributed by atoms with Crippen LogP contribution >= 0.6 is 0 Å². The summed E-state index contributed by atoms with van der Waals surface area (Å²) in [7, 11) is 0. The molecule has 42 heavy (non-hydrogen) atoms. The highest BCUT2D eigenvalue weighted by molar-refractivity contribution is 5.88. The van der Waals surface area contributed by atoms with Gasteiger partial charge < -0.3 is 8.83 Å². The van der Waals surface area contributed by atoms with Gasteiger partial charge in [0.1, 0.15) is 11.1 Å². The molecular weight excluding hydrogens is 563 g/mol. The number of halogens is 5. The van der Waals surface area contributed by atoms with Gasteiger partial charge in [-0.05, 0) is 36.8 Å². The van der Waals surface area contributed by atoms with Gasteiger partial charge in [-0.25, -0.2) is 46.7 Å². The Labute approximate surface area is 230 Å². The summed E-state index contributed by atoms with van der Waals surface area (Å²) in [6.07, 6.45) is 0. The normalized spacial score (nSPS) is 11.0. The van der Waals surface area contributed by atoms with Crippen LogP contribution in [-0.4, -0.2) is 24.9 Å². The van der Waals surface area contributed by atoms with E-state index >= 15 is 0 Å². The van der Waals surface area contributed by atoms with E-state index in [0.29, 0.717) is 5.56 Å². The molecule has 0 aliphatic rings. The Morgan fingerprint density at radius 1 is 0.667 bits per heavy atom. The van der Waals surface area contributed by atoms with Crippen molar-refractivity contribution in [1.82, 2.24) is 24.9 Å². The van der Waals surface area contributed by atoms with E-state index < -0.39 is 58.0 Å². The summed E-state index contributed by atoms with van der Waals surface area (Å²) in [5.41, 5.74) is -0.231. The lowest BCUT2D eigenvalue weighted by Gasteiger charge is -2.08. The van der Waals surface area contributed by atoms with E-state index in [1.807, 2.05) is 6.07 Å². The maximum atomic E-state index is 14.8. The first-order valence-corrected chi connectivity index (χ1v) is 11.4. The second-order valence-electron chi connectivity index (χ2n) is 8.57. The van der Waals surface area contributed by atoms with Crippen LogP contribution in [0, 0.1) is 60.5 Å². The zero-order valence-corrected chi connectivity index (χ0v) is 20.6. The summed E-state index contributed by atoms with van der Waals surface area (Å²) < 4.78 is 82.8. The second kappa shape index (κ2) is 9.43. The van der Waals surface area contributed by atoms with Gasteiger partial charge >= 0.3 is 0 Å². The van der Waals surface area contributed by atoms with E-state index in [1.165, 1.54) is 24.3 Å². The molecule has 3 aromatic carbocycles. The monoisotopic (exact) mass is 570 g/mol. The van der Waals surface area contributed by atoms with Crippen molar-refractivity contribution >= 4 is 33.6 Å². The molecule has 0 saturated carbocycles. The minimum atomic E-state index is -2.38. The van der Waals surface area contributed by atoms with E-state index in [-0.39, 0.29) is 45.0 Å². The van der Waals surface area contributed by atoms with E-state index in [4.69, 9.17) is 22.0 Å². The molecule has 0 aliphatic carbocycles. The zero-order chi connectivity index (χ0) is 29.9. The third kappa shape index (κ3) is 3.94. The molecule has 0 atom stereocenters. The maximum absolute atomic E-state index is 14.8. The molecule has 0 N–H and O–H groups in total. The third-order valence-corrected chi connectivity index (χ3v) is 6.03. The quantitative estimate of drug-likeness (QED) is 0.0953. The Hall–Kier alpha value is -6.27. The fraction of sp³-hybridized carbons (Fsp3) is 0.0370. The number of hydrogen-bond acceptors (Lipinski definition) is 8. The molecule has 0 spiro atoms. The number of aromatic nitrogens is 5. The fourth-order valence-corrected chi connectivity index (χ4v) is 4.00. The lowest BCUT2D eigenvalue weighted by Crippen LogP contribution is -2.08.